The summed E-state index contributed by atoms with van der Waals surface area (Å²) in [5.74, 6) is 0. The molecule has 4 heteroatoms. The number of nitrogens with zero attached hydrogens (tertiary/aromatic N) is 2. The minimum absolute atomic E-state index is 0.110. The van der Waals surface area contributed by atoms with Gasteiger partial charge >= 0.3 is 0 Å². The minimum atomic E-state index is 0.110. The smallest absolute Gasteiger partial charge is 0.0847 e. The van der Waals surface area contributed by atoms with E-state index in [9.17, 15) is 0 Å². The average Bonchev–Trinajstić information content (AvgIpc) is 2.17. The van der Waals surface area contributed by atoms with Crippen molar-refractivity contribution in [2.45, 2.75) is 13.3 Å². The van der Waals surface area contributed by atoms with Crippen molar-refractivity contribution in [1.29, 1.82) is 0 Å². The largest absolute Gasteiger partial charge is 0.396 e. The van der Waals surface area contributed by atoms with E-state index in [4.69, 9.17) is 16.7 Å². The van der Waals surface area contributed by atoms with Gasteiger partial charge in [-0.05, 0) is 6.92 Å². The maximum Gasteiger partial charge on any atom is 0.0847 e. The number of aliphatic hydroxyl groups excluding tert-OH is 1. The van der Waals surface area contributed by atoms with Gasteiger partial charge in [-0.15, -0.1) is 0 Å². The molecule has 11 heavy (non-hydrogen) atoms. The molecule has 0 aliphatic heterocycles. The van der Waals surface area contributed by atoms with Crippen LogP contribution >= 0.6 is 11.6 Å². The molecule has 1 N–H and O–H groups in total. The Morgan fingerprint density at radius 3 is 2.64 bits per heavy atom. The molecule has 0 atom stereocenters. The van der Waals surface area contributed by atoms with Crippen LogP contribution in [0.4, 0.5) is 0 Å². The van der Waals surface area contributed by atoms with E-state index < -0.39 is 0 Å². The van der Waals surface area contributed by atoms with Gasteiger partial charge in [0.25, 0.3) is 0 Å². The highest BCUT2D eigenvalue weighted by atomic mass is 35.5. The molecular formula is C7H11ClN2O. The quantitative estimate of drug-likeness (QED) is 0.724. The van der Waals surface area contributed by atoms with Crippen LogP contribution in [0.3, 0.4) is 0 Å². The summed E-state index contributed by atoms with van der Waals surface area (Å²) >= 11 is 5.90. The summed E-state index contributed by atoms with van der Waals surface area (Å²) in [6.07, 6.45) is 0.566. The molecule has 0 spiro atoms. The van der Waals surface area contributed by atoms with E-state index >= 15 is 0 Å². The van der Waals surface area contributed by atoms with Crippen LogP contribution in [0.5, 0.6) is 0 Å². The van der Waals surface area contributed by atoms with Crippen molar-refractivity contribution in [2.75, 3.05) is 6.61 Å². The lowest BCUT2D eigenvalue weighted by Crippen LogP contribution is -2.00. The molecular weight excluding hydrogens is 164 g/mol. The van der Waals surface area contributed by atoms with Gasteiger partial charge in [-0.2, -0.15) is 5.10 Å². The zero-order chi connectivity index (χ0) is 8.43. The summed E-state index contributed by atoms with van der Waals surface area (Å²) in [5, 5.41) is 13.4. The molecule has 1 aromatic heterocycles. The highest BCUT2D eigenvalue weighted by Gasteiger charge is 2.09. The molecule has 0 radical (unpaired) electrons. The summed E-state index contributed by atoms with van der Waals surface area (Å²) in [7, 11) is 1.82. The Hall–Kier alpha value is -0.540. The van der Waals surface area contributed by atoms with Gasteiger partial charge in [0, 0.05) is 20.1 Å². The molecule has 1 heterocycles. The molecule has 0 unspecified atom stereocenters. The molecule has 0 aliphatic rings. The van der Waals surface area contributed by atoms with Crippen molar-refractivity contribution in [3.63, 3.8) is 0 Å². The number of aryl methyl sites for hydroxylation is 2. The lowest BCUT2D eigenvalue weighted by Gasteiger charge is -1.97. The zero-order valence-electron chi connectivity index (χ0n) is 6.63. The number of aromatic nitrogens is 2. The fourth-order valence-corrected chi connectivity index (χ4v) is 1.31. The predicted octanol–water partition coefficient (Wildman–Crippen LogP) is 0.917. The number of aliphatic hydroxyl groups is 1. The van der Waals surface area contributed by atoms with E-state index in [0.29, 0.717) is 11.4 Å². The van der Waals surface area contributed by atoms with Gasteiger partial charge in [-0.25, -0.2) is 0 Å². The van der Waals surface area contributed by atoms with Gasteiger partial charge in [-0.3, -0.25) is 4.68 Å². The van der Waals surface area contributed by atoms with E-state index in [0.717, 1.165) is 11.4 Å². The molecule has 1 aromatic rings. The minimum Gasteiger partial charge on any atom is -0.396 e. The Morgan fingerprint density at radius 1 is 1.64 bits per heavy atom. The zero-order valence-corrected chi connectivity index (χ0v) is 7.39. The van der Waals surface area contributed by atoms with Crippen molar-refractivity contribution in [1.82, 2.24) is 9.78 Å². The van der Waals surface area contributed by atoms with Crippen LogP contribution in [0.1, 0.15) is 11.4 Å². The van der Waals surface area contributed by atoms with E-state index in [1.54, 1.807) is 4.68 Å². The van der Waals surface area contributed by atoms with Crippen molar-refractivity contribution >= 4 is 11.6 Å². The highest BCUT2D eigenvalue weighted by Crippen LogP contribution is 2.19. The number of hydrogen-bond donors (Lipinski definition) is 1. The Morgan fingerprint density at radius 2 is 2.27 bits per heavy atom. The summed E-state index contributed by atoms with van der Waals surface area (Å²) in [6, 6.07) is 0. The molecule has 62 valence electrons. The van der Waals surface area contributed by atoms with Crippen LogP contribution in [0.25, 0.3) is 0 Å². The molecule has 1 rings (SSSR count). The van der Waals surface area contributed by atoms with Crippen molar-refractivity contribution < 1.29 is 5.11 Å². The maximum absolute atomic E-state index is 8.68. The SMILES string of the molecule is Cc1nn(C)c(CCO)c1Cl. The van der Waals surface area contributed by atoms with E-state index in [-0.39, 0.29) is 6.61 Å². The van der Waals surface area contributed by atoms with Crippen molar-refractivity contribution in [3.05, 3.63) is 16.4 Å². The lowest BCUT2D eigenvalue weighted by molar-refractivity contribution is 0.296. The van der Waals surface area contributed by atoms with Gasteiger partial charge in [0.2, 0.25) is 0 Å². The van der Waals surface area contributed by atoms with Crippen molar-refractivity contribution in [2.24, 2.45) is 7.05 Å². The normalized spacial score (nSPS) is 10.5. The first-order chi connectivity index (χ1) is 5.16. The average molecular weight is 175 g/mol. The monoisotopic (exact) mass is 174 g/mol. The van der Waals surface area contributed by atoms with Crippen LogP contribution in [-0.2, 0) is 13.5 Å². The highest BCUT2D eigenvalue weighted by molar-refractivity contribution is 6.31. The number of halogens is 1. The third-order valence-corrected chi connectivity index (χ3v) is 2.10. The predicted molar refractivity (Wildman–Crippen MR) is 43.7 cm³/mol. The molecule has 0 saturated carbocycles. The van der Waals surface area contributed by atoms with Crippen LogP contribution in [-0.4, -0.2) is 21.5 Å². The molecule has 0 aromatic carbocycles. The van der Waals surface area contributed by atoms with Gasteiger partial charge in [-0.1, -0.05) is 11.6 Å². The van der Waals surface area contributed by atoms with E-state index in [1.807, 2.05) is 14.0 Å². The first-order valence-corrected chi connectivity index (χ1v) is 3.83. The first-order valence-electron chi connectivity index (χ1n) is 3.45. The molecule has 0 bridgehead atoms. The molecule has 0 saturated heterocycles. The summed E-state index contributed by atoms with van der Waals surface area (Å²) in [6.45, 7) is 1.96. The Kier molecular flexibility index (Phi) is 2.52. The fourth-order valence-electron chi connectivity index (χ4n) is 1.06. The lowest BCUT2D eigenvalue weighted by atomic mass is 10.3. The van der Waals surface area contributed by atoms with Crippen LogP contribution in [0.2, 0.25) is 5.02 Å². The second kappa shape index (κ2) is 3.24. The third-order valence-electron chi connectivity index (χ3n) is 1.61. The standard InChI is InChI=1S/C7H11ClN2O/c1-5-7(8)6(3-4-11)10(2)9-5/h11H,3-4H2,1-2H3. The fraction of sp³-hybridized carbons (Fsp3) is 0.571. The summed E-state index contributed by atoms with van der Waals surface area (Å²) in [5.41, 5.74) is 1.71. The second-order valence-corrected chi connectivity index (χ2v) is 2.82. The van der Waals surface area contributed by atoms with Crippen LogP contribution in [0.15, 0.2) is 0 Å². The second-order valence-electron chi connectivity index (χ2n) is 2.44. The Bertz CT molecular complexity index is 257. The van der Waals surface area contributed by atoms with Gasteiger partial charge in [0.05, 0.1) is 16.4 Å². The van der Waals surface area contributed by atoms with Crippen LogP contribution in [0, 0.1) is 6.92 Å². The molecule has 0 aliphatic carbocycles. The molecule has 0 amide bonds. The van der Waals surface area contributed by atoms with E-state index in [1.165, 1.54) is 0 Å². The Labute approximate surface area is 70.6 Å². The third kappa shape index (κ3) is 1.54. The van der Waals surface area contributed by atoms with E-state index in [2.05, 4.69) is 5.10 Å². The van der Waals surface area contributed by atoms with Crippen molar-refractivity contribution in [3.8, 4) is 0 Å². The number of hydrogen-bond acceptors (Lipinski definition) is 2. The molecule has 0 fully saturated rings. The summed E-state index contributed by atoms with van der Waals surface area (Å²) < 4.78 is 1.70. The Balaban J connectivity index is 3.02. The number of rotatable bonds is 2. The topological polar surface area (TPSA) is 38.0 Å². The van der Waals surface area contributed by atoms with Gasteiger partial charge in [0.15, 0.2) is 0 Å². The van der Waals surface area contributed by atoms with Gasteiger partial charge in [0.1, 0.15) is 0 Å². The van der Waals surface area contributed by atoms with Gasteiger partial charge < -0.3 is 5.11 Å². The summed E-state index contributed by atoms with van der Waals surface area (Å²) in [4.78, 5) is 0. The van der Waals surface area contributed by atoms with Crippen LogP contribution < -0.4 is 0 Å². The first kappa shape index (κ1) is 8.56. The maximum atomic E-state index is 8.68. The molecule has 3 nitrogen and oxygen atoms in total.